The highest BCUT2D eigenvalue weighted by Crippen LogP contribution is 2.36. The van der Waals surface area contributed by atoms with E-state index in [9.17, 15) is 8.78 Å². The number of hydrogen-bond acceptors (Lipinski definition) is 0. The first-order chi connectivity index (χ1) is 10.1. The maximum Gasteiger partial charge on any atom is 0.126 e. The maximum absolute atomic E-state index is 13.3. The molecule has 1 fully saturated rings. The Morgan fingerprint density at radius 1 is 0.762 bits per heavy atom. The van der Waals surface area contributed by atoms with Crippen molar-refractivity contribution in [3.05, 3.63) is 59.7 Å². The number of halogens is 2. The van der Waals surface area contributed by atoms with E-state index in [2.05, 4.69) is 19.1 Å². The van der Waals surface area contributed by atoms with Crippen molar-refractivity contribution >= 4 is 0 Å². The fourth-order valence-electron chi connectivity index (χ4n) is 3.26. The minimum absolute atomic E-state index is 0.532. The predicted molar refractivity (Wildman–Crippen MR) is 82.2 cm³/mol. The Labute approximate surface area is 124 Å². The second-order valence-corrected chi connectivity index (χ2v) is 6.24. The van der Waals surface area contributed by atoms with Crippen LogP contribution < -0.4 is 0 Å². The molecule has 0 amide bonds. The van der Waals surface area contributed by atoms with Gasteiger partial charge in [0.05, 0.1) is 0 Å². The predicted octanol–water partition coefficient (Wildman–Crippen LogP) is 5.93. The molecule has 0 saturated heterocycles. The van der Waals surface area contributed by atoms with Gasteiger partial charge in [-0.3, -0.25) is 0 Å². The van der Waals surface area contributed by atoms with Gasteiger partial charge in [-0.05, 0) is 53.5 Å². The molecule has 0 unspecified atom stereocenters. The average molecular weight is 286 g/mol. The molecule has 0 aromatic heterocycles. The van der Waals surface area contributed by atoms with Gasteiger partial charge in [-0.2, -0.15) is 0 Å². The van der Waals surface area contributed by atoms with Crippen LogP contribution in [0.25, 0.3) is 11.1 Å². The van der Waals surface area contributed by atoms with Gasteiger partial charge in [-0.25, -0.2) is 8.78 Å². The van der Waals surface area contributed by atoms with Crippen LogP contribution in [0, 0.1) is 17.6 Å². The van der Waals surface area contributed by atoms with E-state index in [-0.39, 0.29) is 0 Å². The summed E-state index contributed by atoms with van der Waals surface area (Å²) in [5, 5.41) is 0. The Morgan fingerprint density at radius 3 is 1.90 bits per heavy atom. The van der Waals surface area contributed by atoms with Crippen LogP contribution in [-0.2, 0) is 0 Å². The molecule has 2 aromatic rings. The minimum Gasteiger partial charge on any atom is -0.207 e. The molecule has 0 spiro atoms. The molecule has 21 heavy (non-hydrogen) atoms. The van der Waals surface area contributed by atoms with E-state index in [1.54, 1.807) is 0 Å². The topological polar surface area (TPSA) is 0 Å². The largest absolute Gasteiger partial charge is 0.207 e. The number of rotatable bonds is 2. The summed E-state index contributed by atoms with van der Waals surface area (Å²) >= 11 is 0. The third-order valence-electron chi connectivity index (χ3n) is 4.59. The minimum atomic E-state index is -0.532. The highest BCUT2D eigenvalue weighted by atomic mass is 19.1. The zero-order chi connectivity index (χ0) is 14.8. The molecule has 1 saturated carbocycles. The molecular formula is C19H20F2. The Hall–Kier alpha value is -1.70. The molecule has 1 aliphatic carbocycles. The van der Waals surface area contributed by atoms with E-state index in [1.165, 1.54) is 43.4 Å². The zero-order valence-corrected chi connectivity index (χ0v) is 12.3. The first kappa shape index (κ1) is 14.2. The highest BCUT2D eigenvalue weighted by molar-refractivity contribution is 5.63. The van der Waals surface area contributed by atoms with Crippen LogP contribution in [0.5, 0.6) is 0 Å². The first-order valence-electron chi connectivity index (χ1n) is 7.68. The number of hydrogen-bond donors (Lipinski definition) is 0. The summed E-state index contributed by atoms with van der Waals surface area (Å²) in [6.07, 6.45) is 5.08. The van der Waals surface area contributed by atoms with Crippen LogP contribution in [0.3, 0.4) is 0 Å². The summed E-state index contributed by atoms with van der Waals surface area (Å²) in [6.45, 7) is 2.32. The maximum atomic E-state index is 13.3. The monoisotopic (exact) mass is 286 g/mol. The Kier molecular flexibility index (Phi) is 4.05. The molecule has 0 atom stereocenters. The van der Waals surface area contributed by atoms with Gasteiger partial charge < -0.3 is 0 Å². The van der Waals surface area contributed by atoms with Gasteiger partial charge >= 0.3 is 0 Å². The van der Waals surface area contributed by atoms with Crippen LogP contribution in [0.1, 0.15) is 44.1 Å². The van der Waals surface area contributed by atoms with Gasteiger partial charge in [0.25, 0.3) is 0 Å². The van der Waals surface area contributed by atoms with Crippen molar-refractivity contribution in [2.45, 2.75) is 38.5 Å². The molecular weight excluding hydrogens is 266 g/mol. The molecule has 0 heterocycles. The molecule has 0 radical (unpaired) electrons. The molecule has 0 N–H and O–H groups in total. The number of benzene rings is 2. The van der Waals surface area contributed by atoms with Crippen LogP contribution in [0.4, 0.5) is 8.78 Å². The lowest BCUT2D eigenvalue weighted by atomic mass is 9.79. The van der Waals surface area contributed by atoms with E-state index in [0.29, 0.717) is 11.5 Å². The first-order valence-corrected chi connectivity index (χ1v) is 7.68. The highest BCUT2D eigenvalue weighted by Gasteiger charge is 2.19. The second-order valence-electron chi connectivity index (χ2n) is 6.24. The van der Waals surface area contributed by atoms with E-state index in [4.69, 9.17) is 0 Å². The third-order valence-corrected chi connectivity index (χ3v) is 4.59. The normalized spacial score (nSPS) is 22.2. The molecule has 1 aliphatic rings. The molecule has 2 aromatic carbocycles. The Balaban J connectivity index is 1.80. The lowest BCUT2D eigenvalue weighted by molar-refractivity contribution is 0.348. The summed E-state index contributed by atoms with van der Waals surface area (Å²) in [7, 11) is 0. The van der Waals surface area contributed by atoms with Crippen molar-refractivity contribution in [1.29, 1.82) is 0 Å². The van der Waals surface area contributed by atoms with E-state index in [0.717, 1.165) is 17.5 Å². The average Bonchev–Trinajstić information content (AvgIpc) is 2.47. The molecule has 3 rings (SSSR count). The van der Waals surface area contributed by atoms with Gasteiger partial charge in [0.2, 0.25) is 0 Å². The quantitative estimate of drug-likeness (QED) is 0.642. The molecule has 2 heteroatoms. The van der Waals surface area contributed by atoms with Crippen LogP contribution in [0.2, 0.25) is 0 Å². The fourth-order valence-corrected chi connectivity index (χ4v) is 3.26. The van der Waals surface area contributed by atoms with Crippen molar-refractivity contribution in [1.82, 2.24) is 0 Å². The summed E-state index contributed by atoms with van der Waals surface area (Å²) in [5.74, 6) is 0.418. The van der Waals surface area contributed by atoms with Crippen LogP contribution in [-0.4, -0.2) is 0 Å². The van der Waals surface area contributed by atoms with Crippen LogP contribution >= 0.6 is 0 Å². The van der Waals surface area contributed by atoms with Crippen molar-refractivity contribution < 1.29 is 8.78 Å². The Bertz CT molecular complexity index is 588. The standard InChI is InChI=1S/C19H20F2/c1-13-2-4-14(5-3-13)15-6-8-16(9-7-15)17-10-18(20)12-19(21)11-17/h6-14H,2-5H2,1H3. The Morgan fingerprint density at radius 2 is 1.33 bits per heavy atom. The molecule has 110 valence electrons. The molecule has 0 bridgehead atoms. The van der Waals surface area contributed by atoms with E-state index < -0.39 is 11.6 Å². The van der Waals surface area contributed by atoms with Gasteiger partial charge in [0.1, 0.15) is 11.6 Å². The smallest absolute Gasteiger partial charge is 0.126 e. The second kappa shape index (κ2) is 5.97. The van der Waals surface area contributed by atoms with Crippen molar-refractivity contribution in [3.63, 3.8) is 0 Å². The van der Waals surface area contributed by atoms with Crippen molar-refractivity contribution in [3.8, 4) is 11.1 Å². The van der Waals surface area contributed by atoms with Crippen molar-refractivity contribution in [2.24, 2.45) is 5.92 Å². The summed E-state index contributed by atoms with van der Waals surface area (Å²) in [4.78, 5) is 0. The van der Waals surface area contributed by atoms with Crippen molar-refractivity contribution in [2.75, 3.05) is 0 Å². The van der Waals surface area contributed by atoms with Gasteiger partial charge in [0, 0.05) is 6.07 Å². The van der Waals surface area contributed by atoms with Gasteiger partial charge in [-0.15, -0.1) is 0 Å². The zero-order valence-electron chi connectivity index (χ0n) is 12.3. The summed E-state index contributed by atoms with van der Waals surface area (Å²) < 4.78 is 26.6. The summed E-state index contributed by atoms with van der Waals surface area (Å²) in [5.41, 5.74) is 2.81. The van der Waals surface area contributed by atoms with Gasteiger partial charge in [0.15, 0.2) is 0 Å². The lowest BCUT2D eigenvalue weighted by Crippen LogP contribution is -2.10. The van der Waals surface area contributed by atoms with Gasteiger partial charge in [-0.1, -0.05) is 44.0 Å². The molecule has 0 aliphatic heterocycles. The van der Waals surface area contributed by atoms with E-state index in [1.807, 2.05) is 12.1 Å². The SMILES string of the molecule is CC1CCC(c2ccc(-c3cc(F)cc(F)c3)cc2)CC1. The van der Waals surface area contributed by atoms with E-state index >= 15 is 0 Å². The third kappa shape index (κ3) is 3.31. The van der Waals surface area contributed by atoms with Crippen LogP contribution in [0.15, 0.2) is 42.5 Å². The molecule has 0 nitrogen and oxygen atoms in total. The fraction of sp³-hybridized carbons (Fsp3) is 0.368. The lowest BCUT2D eigenvalue weighted by Gasteiger charge is -2.26. The summed E-state index contributed by atoms with van der Waals surface area (Å²) in [6, 6.07) is 11.8.